The van der Waals surface area contributed by atoms with Gasteiger partial charge in [-0.1, -0.05) is 55.0 Å². The van der Waals surface area contributed by atoms with Gasteiger partial charge in [0.05, 0.1) is 6.61 Å². The molecule has 0 aliphatic heterocycles. The van der Waals surface area contributed by atoms with Crippen LogP contribution in [0.15, 0.2) is 12.7 Å². The highest BCUT2D eigenvalue weighted by Gasteiger charge is 2.47. The SMILES string of the molecule is C=CC(=O)OCCC[Si](CC)(CC)O[Si](CC)(CC)O[Si](CC)(CC)CC. The Labute approximate surface area is 171 Å². The third-order valence-electron chi connectivity index (χ3n) is 6.29. The summed E-state index contributed by atoms with van der Waals surface area (Å²) in [6.07, 6.45) is 2.09. The number of carbonyl (C=O) groups is 1. The van der Waals surface area contributed by atoms with Gasteiger partial charge < -0.3 is 13.0 Å². The largest absolute Gasteiger partial charge is 0.463 e. The highest BCUT2D eigenvalue weighted by Crippen LogP contribution is 2.36. The molecule has 0 rings (SSSR count). The van der Waals surface area contributed by atoms with Gasteiger partial charge in [-0.2, -0.15) is 0 Å². The summed E-state index contributed by atoms with van der Waals surface area (Å²) in [6.45, 7) is 19.8. The van der Waals surface area contributed by atoms with Crippen LogP contribution in [0, 0.1) is 0 Å². The smallest absolute Gasteiger partial charge is 0.330 e. The summed E-state index contributed by atoms with van der Waals surface area (Å²) in [5, 5.41) is 0. The fourth-order valence-electron chi connectivity index (χ4n) is 3.74. The Morgan fingerprint density at radius 1 is 0.778 bits per heavy atom. The molecule has 0 bridgehead atoms. The van der Waals surface area contributed by atoms with Crippen LogP contribution in [0.3, 0.4) is 0 Å². The minimum absolute atomic E-state index is 0.338. The summed E-state index contributed by atoms with van der Waals surface area (Å²) < 4.78 is 19.4. The van der Waals surface area contributed by atoms with Gasteiger partial charge in [0.15, 0.2) is 16.6 Å². The molecule has 7 heteroatoms. The van der Waals surface area contributed by atoms with Gasteiger partial charge >= 0.3 is 14.5 Å². The number of esters is 1. The summed E-state index contributed by atoms with van der Waals surface area (Å²) in [4.78, 5) is 11.3. The summed E-state index contributed by atoms with van der Waals surface area (Å²) in [5.74, 6) is -0.338. The zero-order chi connectivity index (χ0) is 21.0. The topological polar surface area (TPSA) is 44.8 Å². The molecule has 0 amide bonds. The molecule has 0 saturated carbocycles. The lowest BCUT2D eigenvalue weighted by molar-refractivity contribution is -0.137. The van der Waals surface area contributed by atoms with E-state index >= 15 is 0 Å². The average Bonchev–Trinajstić information content (AvgIpc) is 2.73. The Morgan fingerprint density at radius 3 is 1.59 bits per heavy atom. The van der Waals surface area contributed by atoms with Crippen molar-refractivity contribution in [3.8, 4) is 0 Å². The molecule has 0 N–H and O–H groups in total. The second kappa shape index (κ2) is 13.1. The van der Waals surface area contributed by atoms with Gasteiger partial charge in [0.2, 0.25) is 0 Å². The Morgan fingerprint density at radius 2 is 1.22 bits per heavy atom. The maximum absolute atomic E-state index is 11.3. The highest BCUT2D eigenvalue weighted by atomic mass is 28.5. The molecule has 0 aromatic rings. The van der Waals surface area contributed by atoms with Gasteiger partial charge in [-0.05, 0) is 54.8 Å². The predicted octanol–water partition coefficient (Wildman–Crippen LogP) is 6.61. The van der Waals surface area contributed by atoms with Gasteiger partial charge in [0, 0.05) is 6.08 Å². The van der Waals surface area contributed by atoms with Gasteiger partial charge in [-0.25, -0.2) is 4.79 Å². The third-order valence-corrected chi connectivity index (χ3v) is 22.6. The first-order chi connectivity index (χ1) is 12.8. The quantitative estimate of drug-likeness (QED) is 0.119. The summed E-state index contributed by atoms with van der Waals surface area (Å²) in [6, 6.07) is 8.78. The lowest BCUT2D eigenvalue weighted by Crippen LogP contribution is -2.58. The van der Waals surface area contributed by atoms with Crippen molar-refractivity contribution in [2.45, 2.75) is 103 Å². The van der Waals surface area contributed by atoms with Gasteiger partial charge in [-0.15, -0.1) is 0 Å². The van der Waals surface area contributed by atoms with E-state index < -0.39 is 25.2 Å². The van der Waals surface area contributed by atoms with E-state index in [-0.39, 0.29) is 5.97 Å². The van der Waals surface area contributed by atoms with Crippen molar-refractivity contribution in [1.82, 2.24) is 0 Å². The van der Waals surface area contributed by atoms with Crippen LogP contribution in [0.5, 0.6) is 0 Å². The van der Waals surface area contributed by atoms with E-state index in [1.165, 1.54) is 24.2 Å². The van der Waals surface area contributed by atoms with Gasteiger partial charge in [0.1, 0.15) is 0 Å². The first-order valence-electron chi connectivity index (χ1n) is 11.0. The number of hydrogen-bond acceptors (Lipinski definition) is 4. The van der Waals surface area contributed by atoms with Crippen molar-refractivity contribution in [1.29, 1.82) is 0 Å². The molecule has 0 fully saturated rings. The van der Waals surface area contributed by atoms with E-state index in [9.17, 15) is 4.79 Å². The lowest BCUT2D eigenvalue weighted by atomic mass is 10.5. The van der Waals surface area contributed by atoms with Gasteiger partial charge in [0.25, 0.3) is 0 Å². The van der Waals surface area contributed by atoms with Crippen molar-refractivity contribution >= 4 is 31.2 Å². The molecule has 0 aromatic heterocycles. The van der Waals surface area contributed by atoms with Crippen LogP contribution in [-0.2, 0) is 17.8 Å². The van der Waals surface area contributed by atoms with Crippen LogP contribution in [0.25, 0.3) is 0 Å². The highest BCUT2D eigenvalue weighted by molar-refractivity contribution is 6.90. The molecule has 0 atom stereocenters. The Balaban J connectivity index is 5.35. The fourth-order valence-corrected chi connectivity index (χ4v) is 20.2. The second-order valence-corrected chi connectivity index (χ2v) is 21.1. The van der Waals surface area contributed by atoms with Crippen molar-refractivity contribution < 1.29 is 17.8 Å². The van der Waals surface area contributed by atoms with Crippen LogP contribution >= 0.6 is 0 Å². The normalized spacial score (nSPS) is 12.9. The zero-order valence-electron chi connectivity index (χ0n) is 19.0. The van der Waals surface area contributed by atoms with E-state index in [1.54, 1.807) is 0 Å². The number of hydrogen-bond donors (Lipinski definition) is 0. The molecule has 0 heterocycles. The standard InChI is InChI=1S/C20H44O4Si3/c1-9-20(21)22-18-17-19-26(13-5,14-6)24-27(15-7,16-8)23-25(10-2,11-3)12-4/h9H,1,10-19H2,2-8H3. The molecular weight excluding hydrogens is 388 g/mol. The zero-order valence-corrected chi connectivity index (χ0v) is 22.0. The van der Waals surface area contributed by atoms with Crippen molar-refractivity contribution in [2.75, 3.05) is 6.61 Å². The minimum atomic E-state index is -2.21. The number of rotatable bonds is 16. The Kier molecular flexibility index (Phi) is 13.0. The molecule has 0 radical (unpaired) electrons. The van der Waals surface area contributed by atoms with Gasteiger partial charge in [-0.3, -0.25) is 0 Å². The van der Waals surface area contributed by atoms with Crippen LogP contribution in [0.2, 0.25) is 48.4 Å². The maximum atomic E-state index is 11.3. The second-order valence-electron chi connectivity index (χ2n) is 7.43. The van der Waals surface area contributed by atoms with E-state index in [0.29, 0.717) is 6.61 Å². The van der Waals surface area contributed by atoms with E-state index in [2.05, 4.69) is 55.0 Å². The molecule has 0 aliphatic rings. The van der Waals surface area contributed by atoms with Crippen molar-refractivity contribution in [3.63, 3.8) is 0 Å². The number of carbonyl (C=O) groups excluding carboxylic acids is 1. The minimum Gasteiger partial charge on any atom is -0.463 e. The van der Waals surface area contributed by atoms with E-state index in [1.807, 2.05) is 0 Å². The van der Waals surface area contributed by atoms with Crippen molar-refractivity contribution in [3.05, 3.63) is 12.7 Å². The Hall–Kier alpha value is -0.219. The Bertz CT molecular complexity index is 423. The molecule has 0 spiro atoms. The van der Waals surface area contributed by atoms with Crippen LogP contribution < -0.4 is 0 Å². The van der Waals surface area contributed by atoms with Crippen LogP contribution in [-0.4, -0.2) is 37.8 Å². The summed E-state index contributed by atoms with van der Waals surface area (Å²) >= 11 is 0. The third kappa shape index (κ3) is 7.97. The molecule has 160 valence electrons. The van der Waals surface area contributed by atoms with Crippen LogP contribution in [0.1, 0.15) is 54.9 Å². The predicted molar refractivity (Wildman–Crippen MR) is 123 cm³/mol. The summed E-state index contributed by atoms with van der Waals surface area (Å²) in [5.41, 5.74) is 0. The molecule has 4 nitrogen and oxygen atoms in total. The summed E-state index contributed by atoms with van der Waals surface area (Å²) in [7, 11) is -5.81. The fraction of sp³-hybridized carbons (Fsp3) is 0.850. The molecule has 0 aromatic carbocycles. The first-order valence-corrected chi connectivity index (χ1v) is 18.3. The first kappa shape index (κ1) is 26.8. The monoisotopic (exact) mass is 432 g/mol. The molecule has 27 heavy (non-hydrogen) atoms. The lowest BCUT2D eigenvalue weighted by Gasteiger charge is -2.45. The van der Waals surface area contributed by atoms with E-state index in [0.717, 1.165) is 36.6 Å². The molecule has 0 unspecified atom stereocenters. The van der Waals surface area contributed by atoms with Crippen LogP contribution in [0.4, 0.5) is 0 Å². The average molecular weight is 433 g/mol. The number of ether oxygens (including phenoxy) is 1. The maximum Gasteiger partial charge on any atom is 0.330 e. The molecular formula is C20H44O4Si3. The molecule has 0 aliphatic carbocycles. The van der Waals surface area contributed by atoms with Crippen molar-refractivity contribution in [2.24, 2.45) is 0 Å². The molecule has 0 saturated heterocycles. The van der Waals surface area contributed by atoms with E-state index in [4.69, 9.17) is 13.0 Å².